The molecule has 0 bridgehead atoms. The highest BCUT2D eigenvalue weighted by atomic mass is 16.5. The first-order valence-electron chi connectivity index (χ1n) is 7.39. The van der Waals surface area contributed by atoms with Crippen molar-refractivity contribution < 1.29 is 19.1 Å². The number of nitrogens with one attached hydrogen (secondary N) is 3. The minimum absolute atomic E-state index is 0.103. The number of allylic oxidation sites excluding steroid dienone is 1. The third-order valence-corrected chi connectivity index (χ3v) is 2.95. The minimum Gasteiger partial charge on any atom is -0.494 e. The zero-order valence-corrected chi connectivity index (χ0v) is 13.7. The fraction of sp³-hybridized carbons (Fsp3) is 0.312. The van der Waals surface area contributed by atoms with Crippen molar-refractivity contribution in [2.45, 2.75) is 20.3 Å². The third-order valence-electron chi connectivity index (χ3n) is 2.95. The summed E-state index contributed by atoms with van der Waals surface area (Å²) in [5.41, 5.74) is 6.74. The van der Waals surface area contributed by atoms with Crippen LogP contribution in [0.1, 0.15) is 18.9 Å². The Kier molecular flexibility index (Phi) is 7.83. The van der Waals surface area contributed by atoms with Crippen molar-refractivity contribution in [3.05, 3.63) is 41.2 Å². The number of carbonyl (C=O) groups excluding carboxylic acids is 3. The van der Waals surface area contributed by atoms with Crippen LogP contribution in [-0.4, -0.2) is 31.5 Å². The summed E-state index contributed by atoms with van der Waals surface area (Å²) in [6.45, 7) is 4.24. The highest BCUT2D eigenvalue weighted by Gasteiger charge is 2.14. The number of benzene rings is 1. The topological polar surface area (TPSA) is 123 Å². The van der Waals surface area contributed by atoms with Crippen molar-refractivity contribution in [1.29, 1.82) is 0 Å². The number of carbonyl (C=O) groups is 3. The van der Waals surface area contributed by atoms with E-state index in [0.29, 0.717) is 19.6 Å². The van der Waals surface area contributed by atoms with E-state index in [2.05, 4.69) is 10.6 Å². The quantitative estimate of drug-likeness (QED) is 0.314. The molecule has 0 aliphatic heterocycles. The minimum atomic E-state index is -0.831. The molecular weight excluding hydrogens is 312 g/mol. The second-order valence-electron chi connectivity index (χ2n) is 5.05. The first kappa shape index (κ1) is 19.0. The molecule has 1 rings (SSSR count). The lowest BCUT2D eigenvalue weighted by Gasteiger charge is -2.12. The van der Waals surface area contributed by atoms with Crippen molar-refractivity contribution >= 4 is 18.3 Å². The van der Waals surface area contributed by atoms with E-state index < -0.39 is 11.9 Å². The van der Waals surface area contributed by atoms with Crippen LogP contribution in [0.3, 0.4) is 0 Å². The SMILES string of the molecule is C/C(N)=C(\NC(=O)NC=O)C(=O)NCCCOc1ccc(C)cc1. The van der Waals surface area contributed by atoms with Gasteiger partial charge < -0.3 is 21.1 Å². The summed E-state index contributed by atoms with van der Waals surface area (Å²) in [5.74, 6) is 0.226. The molecule has 0 aliphatic carbocycles. The fourth-order valence-electron chi connectivity index (χ4n) is 1.72. The number of hydrogen-bond donors (Lipinski definition) is 4. The molecule has 1 aromatic carbocycles. The summed E-state index contributed by atoms with van der Waals surface area (Å²) in [5, 5.41) is 6.70. The molecule has 0 radical (unpaired) electrons. The Labute approximate surface area is 140 Å². The number of rotatable bonds is 8. The van der Waals surface area contributed by atoms with Gasteiger partial charge in [-0.2, -0.15) is 0 Å². The van der Waals surface area contributed by atoms with Gasteiger partial charge in [-0.1, -0.05) is 17.7 Å². The second-order valence-corrected chi connectivity index (χ2v) is 5.05. The van der Waals surface area contributed by atoms with Gasteiger partial charge >= 0.3 is 6.03 Å². The van der Waals surface area contributed by atoms with E-state index in [1.807, 2.05) is 36.5 Å². The number of hydrogen-bond acceptors (Lipinski definition) is 5. The molecule has 8 nitrogen and oxygen atoms in total. The maximum absolute atomic E-state index is 12.0. The molecule has 1 aromatic rings. The molecule has 0 fully saturated rings. The van der Waals surface area contributed by atoms with E-state index >= 15 is 0 Å². The molecule has 0 aliphatic rings. The highest BCUT2D eigenvalue weighted by molar-refractivity contribution is 5.99. The van der Waals surface area contributed by atoms with Crippen LogP contribution in [-0.2, 0) is 9.59 Å². The number of amides is 4. The lowest BCUT2D eigenvalue weighted by Crippen LogP contribution is -2.41. The van der Waals surface area contributed by atoms with Crippen LogP contribution >= 0.6 is 0 Å². The molecule has 130 valence electrons. The van der Waals surface area contributed by atoms with Crippen molar-refractivity contribution in [2.24, 2.45) is 5.73 Å². The Morgan fingerprint density at radius 3 is 2.50 bits per heavy atom. The Hall–Kier alpha value is -3.03. The normalized spacial score (nSPS) is 11.1. The number of nitrogens with two attached hydrogens (primary N) is 1. The van der Waals surface area contributed by atoms with Crippen LogP contribution in [0.5, 0.6) is 5.75 Å². The van der Waals surface area contributed by atoms with Gasteiger partial charge in [-0.05, 0) is 32.4 Å². The van der Waals surface area contributed by atoms with E-state index in [9.17, 15) is 14.4 Å². The van der Waals surface area contributed by atoms with Gasteiger partial charge in [0.2, 0.25) is 6.41 Å². The Bertz CT molecular complexity index is 607. The predicted molar refractivity (Wildman–Crippen MR) is 88.9 cm³/mol. The highest BCUT2D eigenvalue weighted by Crippen LogP contribution is 2.11. The number of urea groups is 1. The molecule has 0 atom stereocenters. The van der Waals surface area contributed by atoms with Gasteiger partial charge in [-0.25, -0.2) is 4.79 Å². The molecule has 24 heavy (non-hydrogen) atoms. The molecular formula is C16H22N4O4. The van der Waals surface area contributed by atoms with Gasteiger partial charge in [0.1, 0.15) is 11.4 Å². The van der Waals surface area contributed by atoms with Crippen LogP contribution in [0.2, 0.25) is 0 Å². The van der Waals surface area contributed by atoms with E-state index in [1.54, 1.807) is 0 Å². The monoisotopic (exact) mass is 334 g/mol. The van der Waals surface area contributed by atoms with Crippen molar-refractivity contribution in [3.63, 3.8) is 0 Å². The van der Waals surface area contributed by atoms with E-state index in [0.717, 1.165) is 11.3 Å². The Morgan fingerprint density at radius 2 is 1.92 bits per heavy atom. The second kappa shape index (κ2) is 9.88. The molecule has 0 unspecified atom stereocenters. The first-order chi connectivity index (χ1) is 11.4. The van der Waals surface area contributed by atoms with Crippen LogP contribution in [0.4, 0.5) is 4.79 Å². The summed E-state index contributed by atoms with van der Waals surface area (Å²) in [4.78, 5) is 33.4. The van der Waals surface area contributed by atoms with Gasteiger partial charge in [0, 0.05) is 12.2 Å². The molecule has 0 saturated heterocycles. The lowest BCUT2D eigenvalue weighted by atomic mass is 10.2. The molecule has 0 heterocycles. The van der Waals surface area contributed by atoms with Gasteiger partial charge in [-0.15, -0.1) is 0 Å². The van der Waals surface area contributed by atoms with Crippen molar-refractivity contribution in [2.75, 3.05) is 13.2 Å². The Balaban J connectivity index is 2.35. The van der Waals surface area contributed by atoms with Crippen LogP contribution in [0, 0.1) is 6.92 Å². The first-order valence-corrected chi connectivity index (χ1v) is 7.39. The Morgan fingerprint density at radius 1 is 1.25 bits per heavy atom. The summed E-state index contributed by atoms with van der Waals surface area (Å²) in [6.07, 6.45) is 0.788. The van der Waals surface area contributed by atoms with Crippen molar-refractivity contribution in [1.82, 2.24) is 16.0 Å². The lowest BCUT2D eigenvalue weighted by molar-refractivity contribution is -0.118. The van der Waals surface area contributed by atoms with Crippen LogP contribution in [0.15, 0.2) is 35.7 Å². The van der Waals surface area contributed by atoms with Gasteiger partial charge in [0.05, 0.1) is 6.61 Å². The average molecular weight is 334 g/mol. The van der Waals surface area contributed by atoms with E-state index in [-0.39, 0.29) is 17.8 Å². The summed E-state index contributed by atoms with van der Waals surface area (Å²) >= 11 is 0. The zero-order valence-electron chi connectivity index (χ0n) is 13.7. The molecule has 5 N–H and O–H groups in total. The van der Waals surface area contributed by atoms with Gasteiger partial charge in [0.15, 0.2) is 0 Å². The van der Waals surface area contributed by atoms with Gasteiger partial charge in [-0.3, -0.25) is 14.9 Å². The molecule has 0 spiro atoms. The largest absolute Gasteiger partial charge is 0.494 e. The summed E-state index contributed by atoms with van der Waals surface area (Å²) in [7, 11) is 0. The average Bonchev–Trinajstić information content (AvgIpc) is 2.54. The number of ether oxygens (including phenoxy) is 1. The van der Waals surface area contributed by atoms with Crippen LogP contribution in [0.25, 0.3) is 0 Å². The standard InChI is InChI=1S/C16H22N4O4/c1-11-4-6-13(7-5-11)24-9-3-8-18-15(22)14(12(2)17)20-16(23)19-10-21/h4-7,10H,3,8-9,17H2,1-2H3,(H,18,22)(H2,19,20,21,23)/b14-12+. The maximum atomic E-state index is 12.0. The molecule has 4 amide bonds. The van der Waals surface area contributed by atoms with Crippen LogP contribution < -0.4 is 26.4 Å². The zero-order chi connectivity index (χ0) is 17.9. The fourth-order valence-corrected chi connectivity index (χ4v) is 1.72. The summed E-state index contributed by atoms with van der Waals surface area (Å²) < 4.78 is 5.54. The summed E-state index contributed by atoms with van der Waals surface area (Å²) in [6, 6.07) is 6.83. The molecule has 0 aromatic heterocycles. The predicted octanol–water partition coefficient (Wildman–Crippen LogP) is 0.526. The number of imide groups is 1. The number of aryl methyl sites for hydroxylation is 1. The van der Waals surface area contributed by atoms with E-state index in [4.69, 9.17) is 10.5 Å². The third kappa shape index (κ3) is 6.82. The molecule has 8 heteroatoms. The smallest absolute Gasteiger partial charge is 0.325 e. The van der Waals surface area contributed by atoms with E-state index in [1.165, 1.54) is 6.92 Å². The van der Waals surface area contributed by atoms with Gasteiger partial charge in [0.25, 0.3) is 5.91 Å². The molecule has 0 saturated carbocycles. The van der Waals surface area contributed by atoms with Crippen molar-refractivity contribution in [3.8, 4) is 5.75 Å². The maximum Gasteiger partial charge on any atom is 0.325 e.